The molecule has 1 aromatic rings. The summed E-state index contributed by atoms with van der Waals surface area (Å²) in [6.45, 7) is 0.156. The van der Waals surface area contributed by atoms with Gasteiger partial charge in [-0.25, -0.2) is 4.39 Å². The van der Waals surface area contributed by atoms with Gasteiger partial charge in [0, 0.05) is 12.0 Å². The Balaban J connectivity index is 3.18. The quantitative estimate of drug-likeness (QED) is 0.723. The maximum absolute atomic E-state index is 13.0. The molecule has 0 atom stereocenters. The molecule has 0 aliphatic heterocycles. The Morgan fingerprint density at radius 1 is 1.60 bits per heavy atom. The fraction of sp³-hybridized carbons (Fsp3) is 0.200. The van der Waals surface area contributed by atoms with E-state index in [4.69, 9.17) is 16.1 Å². The van der Waals surface area contributed by atoms with E-state index >= 15 is 0 Å². The summed E-state index contributed by atoms with van der Waals surface area (Å²) in [7, 11) is 0. The van der Waals surface area contributed by atoms with E-state index in [0.717, 1.165) is 12.1 Å². The Hall–Kier alpha value is -1.93. The third kappa shape index (κ3) is 2.30. The number of hydrogen-bond donors (Lipinski definition) is 2. The highest BCUT2D eigenvalue weighted by atomic mass is 19.1. The molecule has 0 saturated carbocycles. The van der Waals surface area contributed by atoms with Crippen LogP contribution in [0.5, 0.6) is 5.75 Å². The molecule has 0 aromatic heterocycles. The maximum Gasteiger partial charge on any atom is 0.169 e. The molecule has 15 heavy (non-hydrogen) atoms. The first-order valence-corrected chi connectivity index (χ1v) is 4.26. The smallest absolute Gasteiger partial charge is 0.169 e. The molecule has 1 aromatic carbocycles. The predicted octanol–water partition coefficient (Wildman–Crippen LogP) is 0.934. The van der Waals surface area contributed by atoms with Crippen molar-refractivity contribution in [2.24, 2.45) is 5.73 Å². The minimum atomic E-state index is -0.977. The number of hydrogen-bond acceptors (Lipinski definition) is 4. The minimum Gasteiger partial charge on any atom is -0.504 e. The number of phenolic OH excluding ortho intramolecular Hbond substituents is 1. The zero-order valence-corrected chi connectivity index (χ0v) is 7.83. The molecule has 4 nitrogen and oxygen atoms in total. The summed E-state index contributed by atoms with van der Waals surface area (Å²) in [4.78, 5) is 11.3. The van der Waals surface area contributed by atoms with Crippen molar-refractivity contribution < 1.29 is 14.3 Å². The highest BCUT2D eigenvalue weighted by molar-refractivity contribution is 5.96. The average molecular weight is 208 g/mol. The maximum atomic E-state index is 13.0. The van der Waals surface area contributed by atoms with Gasteiger partial charge in [-0.1, -0.05) is 0 Å². The van der Waals surface area contributed by atoms with Crippen LogP contribution in [0.15, 0.2) is 12.1 Å². The molecule has 78 valence electrons. The summed E-state index contributed by atoms with van der Waals surface area (Å²) in [6, 6.07) is 3.65. The van der Waals surface area contributed by atoms with Crippen LogP contribution in [0.4, 0.5) is 4.39 Å². The first kappa shape index (κ1) is 11.1. The predicted molar refractivity (Wildman–Crippen MR) is 50.8 cm³/mol. The van der Waals surface area contributed by atoms with Gasteiger partial charge in [-0.15, -0.1) is 0 Å². The number of ketones is 1. The highest BCUT2D eigenvalue weighted by Gasteiger charge is 2.13. The summed E-state index contributed by atoms with van der Waals surface area (Å²) < 4.78 is 13.0. The van der Waals surface area contributed by atoms with E-state index in [2.05, 4.69) is 0 Å². The van der Waals surface area contributed by atoms with Gasteiger partial charge >= 0.3 is 0 Å². The molecule has 5 heteroatoms. The van der Waals surface area contributed by atoms with E-state index in [-0.39, 0.29) is 29.9 Å². The third-order valence-electron chi connectivity index (χ3n) is 1.88. The number of Topliss-reactive ketones (excluding diaryl/α,β-unsaturated/α-hetero) is 1. The fourth-order valence-electron chi connectivity index (χ4n) is 1.12. The molecule has 0 aliphatic rings. The number of nitrogens with two attached hydrogens (primary N) is 1. The molecule has 1 rings (SSSR count). The molecule has 0 spiro atoms. The Morgan fingerprint density at radius 2 is 2.27 bits per heavy atom. The molecule has 0 bridgehead atoms. The van der Waals surface area contributed by atoms with Gasteiger partial charge in [0.2, 0.25) is 0 Å². The number of phenols is 1. The topological polar surface area (TPSA) is 87.1 Å². The summed E-state index contributed by atoms with van der Waals surface area (Å²) in [5.74, 6) is -2.07. The molecule has 3 N–H and O–H groups in total. The summed E-state index contributed by atoms with van der Waals surface area (Å²) in [6.07, 6.45) is 0.0785. The highest BCUT2D eigenvalue weighted by Crippen LogP contribution is 2.22. The lowest BCUT2D eigenvalue weighted by atomic mass is 10.0. The Morgan fingerprint density at radius 3 is 2.80 bits per heavy atom. The molecule has 0 radical (unpaired) electrons. The van der Waals surface area contributed by atoms with Crippen LogP contribution in [0.1, 0.15) is 22.3 Å². The number of carbonyl (C=O) groups excluding carboxylic acids is 1. The van der Waals surface area contributed by atoms with Gasteiger partial charge in [0.1, 0.15) is 6.07 Å². The average Bonchev–Trinajstić information content (AvgIpc) is 2.22. The van der Waals surface area contributed by atoms with Crippen LogP contribution in [-0.2, 0) is 0 Å². The zero-order chi connectivity index (χ0) is 11.4. The van der Waals surface area contributed by atoms with Crippen molar-refractivity contribution in [3.8, 4) is 11.8 Å². The van der Waals surface area contributed by atoms with Gasteiger partial charge in [-0.05, 0) is 18.7 Å². The lowest BCUT2D eigenvalue weighted by Crippen LogP contribution is -2.08. The molecular weight excluding hydrogens is 199 g/mol. The first-order valence-electron chi connectivity index (χ1n) is 4.26. The molecule has 0 aliphatic carbocycles. The largest absolute Gasteiger partial charge is 0.504 e. The molecule has 0 heterocycles. The van der Waals surface area contributed by atoms with Gasteiger partial charge in [-0.2, -0.15) is 5.26 Å². The second-order valence-electron chi connectivity index (χ2n) is 2.93. The van der Waals surface area contributed by atoms with Crippen molar-refractivity contribution in [2.75, 3.05) is 6.54 Å². The number of rotatable bonds is 3. The number of aromatic hydroxyl groups is 1. The molecule has 0 fully saturated rings. The van der Waals surface area contributed by atoms with Crippen molar-refractivity contribution in [3.63, 3.8) is 0 Å². The van der Waals surface area contributed by atoms with Crippen LogP contribution >= 0.6 is 0 Å². The lowest BCUT2D eigenvalue weighted by Gasteiger charge is -2.02. The van der Waals surface area contributed by atoms with Crippen molar-refractivity contribution in [3.05, 3.63) is 29.1 Å². The number of nitriles is 1. The van der Waals surface area contributed by atoms with Crippen LogP contribution < -0.4 is 5.73 Å². The summed E-state index contributed by atoms with van der Waals surface area (Å²) in [5, 5.41) is 17.7. The van der Waals surface area contributed by atoms with E-state index in [1.807, 2.05) is 0 Å². The van der Waals surface area contributed by atoms with Crippen LogP contribution in [-0.4, -0.2) is 17.4 Å². The number of nitrogens with zero attached hydrogens (tertiary/aromatic N) is 1. The van der Waals surface area contributed by atoms with Crippen molar-refractivity contribution in [2.45, 2.75) is 6.42 Å². The zero-order valence-electron chi connectivity index (χ0n) is 7.83. The normalized spacial score (nSPS) is 9.67. The van der Waals surface area contributed by atoms with Crippen LogP contribution in [0.25, 0.3) is 0 Å². The van der Waals surface area contributed by atoms with Gasteiger partial charge in [0.15, 0.2) is 17.3 Å². The number of halogens is 1. The Bertz CT molecular complexity index is 438. The van der Waals surface area contributed by atoms with Crippen LogP contribution in [0, 0.1) is 17.1 Å². The van der Waals surface area contributed by atoms with E-state index < -0.39 is 11.6 Å². The van der Waals surface area contributed by atoms with Gasteiger partial charge in [-0.3, -0.25) is 4.79 Å². The van der Waals surface area contributed by atoms with Gasteiger partial charge in [0.25, 0.3) is 0 Å². The monoisotopic (exact) mass is 208 g/mol. The molecule has 0 amide bonds. The van der Waals surface area contributed by atoms with Crippen LogP contribution in [0.3, 0.4) is 0 Å². The Labute approximate surface area is 85.7 Å². The molecule has 0 unspecified atom stereocenters. The SMILES string of the molecule is N#Cc1cc(C(=O)CCN)cc(F)c1O. The van der Waals surface area contributed by atoms with Crippen molar-refractivity contribution in [1.29, 1.82) is 5.26 Å². The summed E-state index contributed by atoms with van der Waals surface area (Å²) in [5.41, 5.74) is 4.97. The fourth-order valence-corrected chi connectivity index (χ4v) is 1.12. The Kier molecular flexibility index (Phi) is 3.37. The minimum absolute atomic E-state index is 0.0484. The van der Waals surface area contributed by atoms with Crippen LogP contribution in [0.2, 0.25) is 0 Å². The standard InChI is InChI=1S/C10H9FN2O2/c11-8-4-6(9(14)1-2-12)3-7(5-13)10(8)15/h3-4,15H,1-2,12H2. The van der Waals surface area contributed by atoms with E-state index in [1.54, 1.807) is 6.07 Å². The third-order valence-corrected chi connectivity index (χ3v) is 1.88. The molecule has 0 saturated heterocycles. The first-order chi connectivity index (χ1) is 7.10. The van der Waals surface area contributed by atoms with E-state index in [9.17, 15) is 9.18 Å². The molecular formula is C10H9FN2O2. The number of carbonyl (C=O) groups is 1. The van der Waals surface area contributed by atoms with Crippen molar-refractivity contribution >= 4 is 5.78 Å². The second kappa shape index (κ2) is 4.53. The van der Waals surface area contributed by atoms with Crippen molar-refractivity contribution in [1.82, 2.24) is 0 Å². The van der Waals surface area contributed by atoms with E-state index in [1.165, 1.54) is 0 Å². The van der Waals surface area contributed by atoms with Gasteiger partial charge in [0.05, 0.1) is 5.56 Å². The van der Waals surface area contributed by atoms with E-state index in [0.29, 0.717) is 0 Å². The number of benzene rings is 1. The second-order valence-corrected chi connectivity index (χ2v) is 2.93. The lowest BCUT2D eigenvalue weighted by molar-refractivity contribution is 0.0985. The summed E-state index contributed by atoms with van der Waals surface area (Å²) >= 11 is 0. The van der Waals surface area contributed by atoms with Gasteiger partial charge < -0.3 is 10.8 Å².